The van der Waals surface area contributed by atoms with E-state index in [9.17, 15) is 0 Å². The molecule has 1 N–H and O–H groups in total. The number of imidazole rings is 1. The SMILES string of the molecule is CNc1cccc2c(Br)nc(C3CC3)n12. The van der Waals surface area contributed by atoms with E-state index >= 15 is 0 Å². The summed E-state index contributed by atoms with van der Waals surface area (Å²) in [4.78, 5) is 4.60. The summed E-state index contributed by atoms with van der Waals surface area (Å²) in [5, 5.41) is 3.21. The molecular formula is C11H12BrN3. The van der Waals surface area contributed by atoms with Crippen LogP contribution >= 0.6 is 15.9 Å². The van der Waals surface area contributed by atoms with Gasteiger partial charge in [0.05, 0.1) is 5.52 Å². The largest absolute Gasteiger partial charge is 0.374 e. The van der Waals surface area contributed by atoms with Crippen molar-refractivity contribution in [2.24, 2.45) is 0 Å². The molecule has 1 aliphatic rings. The molecule has 1 fully saturated rings. The summed E-state index contributed by atoms with van der Waals surface area (Å²) < 4.78 is 3.16. The highest BCUT2D eigenvalue weighted by Crippen LogP contribution is 2.41. The third-order valence-corrected chi connectivity index (χ3v) is 3.43. The first-order valence-corrected chi connectivity index (χ1v) is 5.95. The molecule has 0 aromatic carbocycles. The predicted octanol–water partition coefficient (Wildman–Crippen LogP) is 3.02. The van der Waals surface area contributed by atoms with Crippen molar-refractivity contribution in [3.63, 3.8) is 0 Å². The number of hydrogen-bond acceptors (Lipinski definition) is 2. The first kappa shape index (κ1) is 9.21. The van der Waals surface area contributed by atoms with E-state index in [2.05, 4.69) is 42.8 Å². The van der Waals surface area contributed by atoms with Crippen molar-refractivity contribution in [1.82, 2.24) is 9.38 Å². The zero-order valence-electron chi connectivity index (χ0n) is 8.50. The van der Waals surface area contributed by atoms with E-state index in [1.54, 1.807) is 0 Å². The summed E-state index contributed by atoms with van der Waals surface area (Å²) in [6, 6.07) is 6.21. The van der Waals surface area contributed by atoms with Crippen LogP contribution in [0.4, 0.5) is 5.82 Å². The molecule has 0 atom stereocenters. The topological polar surface area (TPSA) is 29.3 Å². The number of rotatable bonds is 2. The molecule has 0 bridgehead atoms. The lowest BCUT2D eigenvalue weighted by Crippen LogP contribution is -2.00. The van der Waals surface area contributed by atoms with Gasteiger partial charge in [-0.3, -0.25) is 4.40 Å². The highest BCUT2D eigenvalue weighted by atomic mass is 79.9. The van der Waals surface area contributed by atoms with Crippen molar-refractivity contribution >= 4 is 27.3 Å². The summed E-state index contributed by atoms with van der Waals surface area (Å²) >= 11 is 3.52. The molecule has 1 saturated carbocycles. The molecule has 0 saturated heterocycles. The van der Waals surface area contributed by atoms with Crippen LogP contribution in [0.5, 0.6) is 0 Å². The molecule has 0 radical (unpaired) electrons. The van der Waals surface area contributed by atoms with E-state index < -0.39 is 0 Å². The van der Waals surface area contributed by atoms with Crippen molar-refractivity contribution in [1.29, 1.82) is 0 Å². The standard InChI is InChI=1S/C11H12BrN3/c1-13-9-4-2-3-8-10(12)14-11(15(8)9)7-5-6-7/h2-4,7,13H,5-6H2,1H3. The first-order chi connectivity index (χ1) is 7.31. The zero-order valence-corrected chi connectivity index (χ0v) is 10.1. The molecule has 3 rings (SSSR count). The van der Waals surface area contributed by atoms with Gasteiger partial charge < -0.3 is 5.32 Å². The van der Waals surface area contributed by atoms with E-state index in [4.69, 9.17) is 0 Å². The van der Waals surface area contributed by atoms with Crippen LogP contribution in [-0.2, 0) is 0 Å². The van der Waals surface area contributed by atoms with Gasteiger partial charge in [0.15, 0.2) is 0 Å². The van der Waals surface area contributed by atoms with Gasteiger partial charge in [-0.1, -0.05) is 6.07 Å². The summed E-state index contributed by atoms with van der Waals surface area (Å²) in [5.41, 5.74) is 1.14. The molecule has 0 aliphatic heterocycles. The van der Waals surface area contributed by atoms with Crippen LogP contribution in [0.2, 0.25) is 0 Å². The van der Waals surface area contributed by atoms with Crippen LogP contribution in [-0.4, -0.2) is 16.4 Å². The molecular weight excluding hydrogens is 254 g/mol. The van der Waals surface area contributed by atoms with Crippen molar-refractivity contribution in [3.8, 4) is 0 Å². The molecule has 0 unspecified atom stereocenters. The highest BCUT2D eigenvalue weighted by Gasteiger charge is 2.29. The number of nitrogens with zero attached hydrogens (tertiary/aromatic N) is 2. The third kappa shape index (κ3) is 1.35. The van der Waals surface area contributed by atoms with Crippen molar-refractivity contribution in [2.75, 3.05) is 12.4 Å². The normalized spacial score (nSPS) is 15.9. The summed E-state index contributed by atoms with van der Waals surface area (Å²) in [5.74, 6) is 2.94. The minimum atomic E-state index is 0.651. The molecule has 0 spiro atoms. The fourth-order valence-electron chi connectivity index (χ4n) is 1.94. The molecule has 3 nitrogen and oxygen atoms in total. The second-order valence-electron chi connectivity index (χ2n) is 3.92. The summed E-state index contributed by atoms with van der Waals surface area (Å²) in [6.45, 7) is 0. The maximum absolute atomic E-state index is 4.60. The number of anilines is 1. The Labute approximate surface area is 96.6 Å². The molecule has 2 aromatic heterocycles. The maximum atomic E-state index is 4.60. The van der Waals surface area contributed by atoms with Crippen LogP contribution in [0.1, 0.15) is 24.6 Å². The summed E-state index contributed by atoms with van der Waals surface area (Å²) in [7, 11) is 1.94. The Balaban J connectivity index is 2.34. The minimum Gasteiger partial charge on any atom is -0.374 e. The van der Waals surface area contributed by atoms with E-state index in [1.807, 2.05) is 13.1 Å². The zero-order chi connectivity index (χ0) is 10.4. The molecule has 15 heavy (non-hydrogen) atoms. The Kier molecular flexibility index (Phi) is 1.99. The third-order valence-electron chi connectivity index (χ3n) is 2.84. The van der Waals surface area contributed by atoms with E-state index in [-0.39, 0.29) is 0 Å². The predicted molar refractivity (Wildman–Crippen MR) is 64.4 cm³/mol. The number of halogens is 1. The Morgan fingerprint density at radius 3 is 2.93 bits per heavy atom. The average Bonchev–Trinajstić information content (AvgIpc) is 3.04. The van der Waals surface area contributed by atoms with Crippen molar-refractivity contribution in [3.05, 3.63) is 28.6 Å². The van der Waals surface area contributed by atoms with Gasteiger partial charge in [0.25, 0.3) is 0 Å². The maximum Gasteiger partial charge on any atom is 0.132 e. The molecule has 2 heterocycles. The van der Waals surface area contributed by atoms with Crippen molar-refractivity contribution in [2.45, 2.75) is 18.8 Å². The van der Waals surface area contributed by atoms with Gasteiger partial charge in [-0.25, -0.2) is 4.98 Å². The molecule has 2 aromatic rings. The molecule has 4 heteroatoms. The van der Waals surface area contributed by atoms with Gasteiger partial charge in [0.1, 0.15) is 16.2 Å². The first-order valence-electron chi connectivity index (χ1n) is 5.16. The van der Waals surface area contributed by atoms with Crippen LogP contribution in [0.3, 0.4) is 0 Å². The lowest BCUT2D eigenvalue weighted by Gasteiger charge is -2.06. The number of hydrogen-bond donors (Lipinski definition) is 1. The molecule has 0 amide bonds. The van der Waals surface area contributed by atoms with Gasteiger partial charge in [-0.05, 0) is 40.9 Å². The Morgan fingerprint density at radius 2 is 2.27 bits per heavy atom. The van der Waals surface area contributed by atoms with E-state index in [0.717, 1.165) is 15.9 Å². The number of nitrogens with one attached hydrogen (secondary N) is 1. The number of fused-ring (bicyclic) bond motifs is 1. The van der Waals surface area contributed by atoms with Crippen LogP contribution in [0, 0.1) is 0 Å². The van der Waals surface area contributed by atoms with Gasteiger partial charge >= 0.3 is 0 Å². The summed E-state index contributed by atoms with van der Waals surface area (Å²) in [6.07, 6.45) is 2.53. The van der Waals surface area contributed by atoms with Gasteiger partial charge in [-0.15, -0.1) is 0 Å². The second-order valence-corrected chi connectivity index (χ2v) is 4.67. The quantitative estimate of drug-likeness (QED) is 0.905. The Hall–Kier alpha value is -1.03. The van der Waals surface area contributed by atoms with E-state index in [1.165, 1.54) is 18.7 Å². The van der Waals surface area contributed by atoms with E-state index in [0.29, 0.717) is 5.92 Å². The van der Waals surface area contributed by atoms with Gasteiger partial charge in [0.2, 0.25) is 0 Å². The molecule has 1 aliphatic carbocycles. The highest BCUT2D eigenvalue weighted by molar-refractivity contribution is 9.10. The fraction of sp³-hybridized carbons (Fsp3) is 0.364. The Bertz CT molecular complexity index is 514. The lowest BCUT2D eigenvalue weighted by molar-refractivity contribution is 0.921. The monoisotopic (exact) mass is 265 g/mol. The minimum absolute atomic E-state index is 0.651. The lowest BCUT2D eigenvalue weighted by atomic mass is 10.3. The van der Waals surface area contributed by atoms with Gasteiger partial charge in [-0.2, -0.15) is 0 Å². The van der Waals surface area contributed by atoms with Crippen LogP contribution in [0.15, 0.2) is 22.8 Å². The second kappa shape index (κ2) is 3.23. The molecule has 78 valence electrons. The smallest absolute Gasteiger partial charge is 0.132 e. The fourth-order valence-corrected chi connectivity index (χ4v) is 2.43. The number of pyridine rings is 1. The van der Waals surface area contributed by atoms with Gasteiger partial charge in [0, 0.05) is 13.0 Å². The van der Waals surface area contributed by atoms with Crippen LogP contribution in [0.25, 0.3) is 5.52 Å². The Morgan fingerprint density at radius 1 is 1.47 bits per heavy atom. The average molecular weight is 266 g/mol. The van der Waals surface area contributed by atoms with Crippen LogP contribution < -0.4 is 5.32 Å². The van der Waals surface area contributed by atoms with Crippen molar-refractivity contribution < 1.29 is 0 Å². The number of aromatic nitrogens is 2.